The number of rotatable bonds is 4. The Balaban J connectivity index is 1.78. The lowest BCUT2D eigenvalue weighted by atomic mass is 10.0. The van der Waals surface area contributed by atoms with Gasteiger partial charge in [-0.15, -0.1) is 0 Å². The van der Waals surface area contributed by atoms with Crippen LogP contribution in [-0.4, -0.2) is 22.3 Å². The van der Waals surface area contributed by atoms with Crippen LogP contribution in [0.15, 0.2) is 46.2 Å². The van der Waals surface area contributed by atoms with Crippen molar-refractivity contribution >= 4 is 11.6 Å². The standard InChI is InChI=1S/C17H19ClN2O3/c18-15-3-1-13(2-4-15)11-19-7-8-20(17(22)16(19)21)12-14-5-9-23-10-6-14/h1-4,7-8,14H,5-6,9-12H2. The summed E-state index contributed by atoms with van der Waals surface area (Å²) in [6, 6.07) is 7.24. The second kappa shape index (κ2) is 7.15. The molecule has 2 aromatic rings. The van der Waals surface area contributed by atoms with Crippen LogP contribution < -0.4 is 11.1 Å². The van der Waals surface area contributed by atoms with E-state index in [1.54, 1.807) is 24.5 Å². The average molecular weight is 335 g/mol. The van der Waals surface area contributed by atoms with Crippen molar-refractivity contribution in [1.29, 1.82) is 0 Å². The third-order valence-corrected chi connectivity index (χ3v) is 4.45. The largest absolute Gasteiger partial charge is 0.381 e. The second-order valence-corrected chi connectivity index (χ2v) is 6.31. The van der Waals surface area contributed by atoms with Crippen molar-refractivity contribution in [2.45, 2.75) is 25.9 Å². The van der Waals surface area contributed by atoms with Gasteiger partial charge in [-0.25, -0.2) is 0 Å². The zero-order chi connectivity index (χ0) is 16.2. The molecule has 3 rings (SSSR count). The van der Waals surface area contributed by atoms with Crippen LogP contribution >= 0.6 is 11.6 Å². The Morgan fingerprint density at radius 3 is 2.30 bits per heavy atom. The molecule has 0 bridgehead atoms. The highest BCUT2D eigenvalue weighted by molar-refractivity contribution is 6.30. The molecule has 1 aromatic carbocycles. The van der Waals surface area contributed by atoms with E-state index in [0.717, 1.165) is 31.6 Å². The number of ether oxygens (including phenoxy) is 1. The first-order valence-corrected chi connectivity index (χ1v) is 8.13. The first-order valence-electron chi connectivity index (χ1n) is 7.75. The van der Waals surface area contributed by atoms with Crippen LogP contribution in [0.5, 0.6) is 0 Å². The number of nitrogens with zero attached hydrogens (tertiary/aromatic N) is 2. The molecule has 5 nitrogen and oxygen atoms in total. The van der Waals surface area contributed by atoms with E-state index in [1.165, 1.54) is 9.13 Å². The van der Waals surface area contributed by atoms with Crippen LogP contribution in [0.1, 0.15) is 18.4 Å². The van der Waals surface area contributed by atoms with Gasteiger partial charge in [-0.2, -0.15) is 0 Å². The number of benzene rings is 1. The lowest BCUT2D eigenvalue weighted by molar-refractivity contribution is 0.0608. The van der Waals surface area contributed by atoms with E-state index in [9.17, 15) is 9.59 Å². The maximum atomic E-state index is 12.3. The molecule has 1 aromatic heterocycles. The highest BCUT2D eigenvalue weighted by Gasteiger charge is 2.16. The highest BCUT2D eigenvalue weighted by atomic mass is 35.5. The van der Waals surface area contributed by atoms with Crippen molar-refractivity contribution in [3.63, 3.8) is 0 Å². The molecule has 0 N–H and O–H groups in total. The van der Waals surface area contributed by atoms with E-state index >= 15 is 0 Å². The molecular formula is C17H19ClN2O3. The van der Waals surface area contributed by atoms with Crippen LogP contribution in [-0.2, 0) is 17.8 Å². The average Bonchev–Trinajstić information content (AvgIpc) is 2.57. The molecule has 0 aliphatic carbocycles. The topological polar surface area (TPSA) is 53.2 Å². The lowest BCUT2D eigenvalue weighted by Gasteiger charge is -2.22. The van der Waals surface area contributed by atoms with Gasteiger partial charge in [-0.1, -0.05) is 23.7 Å². The number of aromatic nitrogens is 2. The van der Waals surface area contributed by atoms with E-state index in [-0.39, 0.29) is 0 Å². The summed E-state index contributed by atoms with van der Waals surface area (Å²) >= 11 is 5.85. The summed E-state index contributed by atoms with van der Waals surface area (Å²) in [4.78, 5) is 24.6. The Labute approximate surface area is 139 Å². The summed E-state index contributed by atoms with van der Waals surface area (Å²) in [6.45, 7) is 2.41. The minimum Gasteiger partial charge on any atom is -0.381 e. The predicted molar refractivity (Wildman–Crippen MR) is 89.1 cm³/mol. The molecule has 6 heteroatoms. The van der Waals surface area contributed by atoms with E-state index < -0.39 is 11.1 Å². The van der Waals surface area contributed by atoms with Gasteiger partial charge in [-0.3, -0.25) is 9.59 Å². The van der Waals surface area contributed by atoms with Gasteiger partial charge in [0.25, 0.3) is 0 Å². The van der Waals surface area contributed by atoms with Gasteiger partial charge >= 0.3 is 11.1 Å². The Kier molecular flexibility index (Phi) is 4.98. The molecule has 0 spiro atoms. The predicted octanol–water partition coefficient (Wildman–Crippen LogP) is 2.14. The monoisotopic (exact) mass is 334 g/mol. The van der Waals surface area contributed by atoms with Crippen molar-refractivity contribution in [1.82, 2.24) is 9.13 Å². The van der Waals surface area contributed by atoms with Crippen molar-refractivity contribution in [2.24, 2.45) is 5.92 Å². The van der Waals surface area contributed by atoms with Crippen LogP contribution in [0.2, 0.25) is 5.02 Å². The Hall–Kier alpha value is -1.85. The number of halogens is 1. The molecule has 1 aliphatic rings. The molecule has 0 saturated carbocycles. The summed E-state index contributed by atoms with van der Waals surface area (Å²) in [6.07, 6.45) is 5.24. The minimum absolute atomic E-state index is 0.364. The molecule has 0 atom stereocenters. The number of hydrogen-bond donors (Lipinski definition) is 0. The van der Waals surface area contributed by atoms with Crippen molar-refractivity contribution in [3.8, 4) is 0 Å². The number of hydrogen-bond acceptors (Lipinski definition) is 3. The first-order chi connectivity index (χ1) is 11.1. The van der Waals surface area contributed by atoms with Crippen molar-refractivity contribution in [2.75, 3.05) is 13.2 Å². The zero-order valence-electron chi connectivity index (χ0n) is 12.8. The van der Waals surface area contributed by atoms with Crippen LogP contribution in [0.25, 0.3) is 0 Å². The molecule has 1 fully saturated rings. The Bertz CT molecular complexity index is 774. The van der Waals surface area contributed by atoms with E-state index in [0.29, 0.717) is 24.0 Å². The van der Waals surface area contributed by atoms with Gasteiger partial charge in [-0.05, 0) is 36.5 Å². The summed E-state index contributed by atoms with van der Waals surface area (Å²) in [5.74, 6) is 0.396. The molecule has 0 radical (unpaired) electrons. The molecule has 2 heterocycles. The summed E-state index contributed by atoms with van der Waals surface area (Å²) in [5, 5.41) is 0.646. The maximum absolute atomic E-state index is 12.3. The lowest BCUT2D eigenvalue weighted by Crippen LogP contribution is -2.42. The molecule has 23 heavy (non-hydrogen) atoms. The highest BCUT2D eigenvalue weighted by Crippen LogP contribution is 2.15. The maximum Gasteiger partial charge on any atom is 0.316 e. The normalized spacial score (nSPS) is 15.7. The van der Waals surface area contributed by atoms with Gasteiger partial charge in [0.1, 0.15) is 0 Å². The smallest absolute Gasteiger partial charge is 0.316 e. The van der Waals surface area contributed by atoms with Crippen molar-refractivity contribution < 1.29 is 4.74 Å². The fourth-order valence-electron chi connectivity index (χ4n) is 2.80. The molecule has 122 valence electrons. The quantitative estimate of drug-likeness (QED) is 0.805. The van der Waals surface area contributed by atoms with Gasteiger partial charge in [0.05, 0.1) is 6.54 Å². The van der Waals surface area contributed by atoms with Gasteiger partial charge < -0.3 is 13.9 Å². The fourth-order valence-corrected chi connectivity index (χ4v) is 2.93. The zero-order valence-corrected chi connectivity index (χ0v) is 13.5. The molecule has 0 amide bonds. The summed E-state index contributed by atoms with van der Waals surface area (Å²) < 4.78 is 8.28. The Morgan fingerprint density at radius 2 is 1.61 bits per heavy atom. The summed E-state index contributed by atoms with van der Waals surface area (Å²) in [7, 11) is 0. The molecule has 0 unspecified atom stereocenters. The van der Waals surface area contributed by atoms with E-state index in [2.05, 4.69) is 0 Å². The van der Waals surface area contributed by atoms with E-state index in [4.69, 9.17) is 16.3 Å². The van der Waals surface area contributed by atoms with Gasteiger partial charge in [0, 0.05) is 37.2 Å². The summed E-state index contributed by atoms with van der Waals surface area (Å²) in [5.41, 5.74) is -0.0273. The fraction of sp³-hybridized carbons (Fsp3) is 0.412. The molecular weight excluding hydrogens is 316 g/mol. The van der Waals surface area contributed by atoms with Crippen LogP contribution in [0, 0.1) is 5.92 Å². The van der Waals surface area contributed by atoms with Crippen LogP contribution in [0.3, 0.4) is 0 Å². The van der Waals surface area contributed by atoms with Gasteiger partial charge in [0.2, 0.25) is 0 Å². The second-order valence-electron chi connectivity index (χ2n) is 5.87. The Morgan fingerprint density at radius 1 is 1.00 bits per heavy atom. The molecule has 1 saturated heterocycles. The van der Waals surface area contributed by atoms with Crippen LogP contribution in [0.4, 0.5) is 0 Å². The van der Waals surface area contributed by atoms with Crippen molar-refractivity contribution in [3.05, 3.63) is 68.0 Å². The third-order valence-electron chi connectivity index (χ3n) is 4.19. The third kappa shape index (κ3) is 3.92. The molecule has 1 aliphatic heterocycles. The van der Waals surface area contributed by atoms with E-state index in [1.807, 2.05) is 12.1 Å². The first kappa shape index (κ1) is 16.0. The minimum atomic E-state index is -0.491. The SMILES string of the molecule is O=c1c(=O)n(CC2CCOCC2)ccn1Cc1ccc(Cl)cc1. The van der Waals surface area contributed by atoms with Gasteiger partial charge in [0.15, 0.2) is 0 Å².